The number of halogens is 1. The van der Waals surface area contributed by atoms with E-state index in [-0.39, 0.29) is 0 Å². The molecule has 0 bridgehead atoms. The van der Waals surface area contributed by atoms with Crippen LogP contribution in [-0.2, 0) is 6.54 Å². The Morgan fingerprint density at radius 2 is 2.29 bits per heavy atom. The van der Waals surface area contributed by atoms with Crippen molar-refractivity contribution in [2.75, 3.05) is 0 Å². The molecule has 0 atom stereocenters. The number of rotatable bonds is 4. The van der Waals surface area contributed by atoms with Gasteiger partial charge >= 0.3 is 0 Å². The van der Waals surface area contributed by atoms with Crippen molar-refractivity contribution in [3.8, 4) is 5.69 Å². The second-order valence-corrected chi connectivity index (χ2v) is 4.86. The molecule has 4 heteroatoms. The summed E-state index contributed by atoms with van der Waals surface area (Å²) in [7, 11) is 0. The zero-order chi connectivity index (χ0) is 11.7. The van der Waals surface area contributed by atoms with Crippen LogP contribution < -0.4 is 5.32 Å². The summed E-state index contributed by atoms with van der Waals surface area (Å²) in [4.78, 5) is 0. The Kier molecular flexibility index (Phi) is 2.87. The van der Waals surface area contributed by atoms with E-state index in [1.54, 1.807) is 10.9 Å². The van der Waals surface area contributed by atoms with E-state index in [1.165, 1.54) is 18.4 Å². The Labute approximate surface area is 105 Å². The molecule has 1 heterocycles. The van der Waals surface area contributed by atoms with Crippen LogP contribution in [0.15, 0.2) is 36.7 Å². The summed E-state index contributed by atoms with van der Waals surface area (Å²) in [6, 6.07) is 9.08. The Balaban J connectivity index is 1.77. The summed E-state index contributed by atoms with van der Waals surface area (Å²) < 4.78 is 1.79. The molecule has 1 aliphatic rings. The zero-order valence-electron chi connectivity index (χ0n) is 9.44. The van der Waals surface area contributed by atoms with Gasteiger partial charge in [0.25, 0.3) is 0 Å². The summed E-state index contributed by atoms with van der Waals surface area (Å²) in [5, 5.41) is 8.36. The van der Waals surface area contributed by atoms with Crippen molar-refractivity contribution in [2.45, 2.75) is 25.4 Å². The highest BCUT2D eigenvalue weighted by molar-refractivity contribution is 6.30. The van der Waals surface area contributed by atoms with E-state index in [4.69, 9.17) is 11.6 Å². The molecule has 88 valence electrons. The van der Waals surface area contributed by atoms with E-state index < -0.39 is 0 Å². The molecule has 1 aliphatic carbocycles. The van der Waals surface area contributed by atoms with Gasteiger partial charge < -0.3 is 5.32 Å². The van der Waals surface area contributed by atoms with Gasteiger partial charge in [-0.2, -0.15) is 5.10 Å². The molecule has 2 aromatic rings. The quantitative estimate of drug-likeness (QED) is 0.901. The van der Waals surface area contributed by atoms with Crippen LogP contribution in [0.4, 0.5) is 0 Å². The summed E-state index contributed by atoms with van der Waals surface area (Å²) in [5.41, 5.74) is 2.33. The number of nitrogens with zero attached hydrogens (tertiary/aromatic N) is 2. The van der Waals surface area contributed by atoms with E-state index in [0.29, 0.717) is 5.02 Å². The smallest absolute Gasteiger partial charge is 0.0790 e. The molecule has 0 unspecified atom stereocenters. The molecule has 3 rings (SSSR count). The molecule has 0 spiro atoms. The fourth-order valence-corrected chi connectivity index (χ4v) is 1.94. The highest BCUT2D eigenvalue weighted by atomic mass is 35.5. The summed E-state index contributed by atoms with van der Waals surface area (Å²) in [6.07, 6.45) is 6.09. The van der Waals surface area contributed by atoms with E-state index in [2.05, 4.69) is 28.6 Å². The van der Waals surface area contributed by atoms with Crippen molar-refractivity contribution in [3.05, 3.63) is 47.2 Å². The summed E-state index contributed by atoms with van der Waals surface area (Å²) >= 11 is 5.87. The van der Waals surface area contributed by atoms with Crippen molar-refractivity contribution in [2.24, 2.45) is 0 Å². The molecular weight excluding hydrogens is 234 g/mol. The van der Waals surface area contributed by atoms with E-state index in [0.717, 1.165) is 18.3 Å². The van der Waals surface area contributed by atoms with E-state index in [9.17, 15) is 0 Å². The first-order valence-corrected chi connectivity index (χ1v) is 6.22. The van der Waals surface area contributed by atoms with E-state index in [1.807, 2.05) is 12.3 Å². The molecule has 0 radical (unpaired) electrons. The van der Waals surface area contributed by atoms with Crippen molar-refractivity contribution < 1.29 is 0 Å². The van der Waals surface area contributed by atoms with Crippen molar-refractivity contribution in [1.82, 2.24) is 15.1 Å². The highest BCUT2D eigenvalue weighted by Gasteiger charge is 2.19. The van der Waals surface area contributed by atoms with Crippen molar-refractivity contribution in [3.63, 3.8) is 0 Å². The monoisotopic (exact) mass is 247 g/mol. The van der Waals surface area contributed by atoms with Crippen LogP contribution in [-0.4, -0.2) is 15.8 Å². The lowest BCUT2D eigenvalue weighted by Crippen LogP contribution is -2.15. The molecule has 1 N–H and O–H groups in total. The molecule has 1 saturated carbocycles. The summed E-state index contributed by atoms with van der Waals surface area (Å²) in [5.74, 6) is 0. The predicted molar refractivity (Wildman–Crippen MR) is 68.4 cm³/mol. The van der Waals surface area contributed by atoms with E-state index >= 15 is 0 Å². The third kappa shape index (κ3) is 2.68. The lowest BCUT2D eigenvalue weighted by Gasteiger charge is -2.06. The fraction of sp³-hybridized carbons (Fsp3) is 0.308. The zero-order valence-corrected chi connectivity index (χ0v) is 10.2. The predicted octanol–water partition coefficient (Wildman–Crippen LogP) is 2.78. The maximum atomic E-state index is 5.87. The number of hydrogen-bond acceptors (Lipinski definition) is 2. The third-order valence-corrected chi connectivity index (χ3v) is 3.09. The SMILES string of the molecule is Clc1cnn(-c2cccc(CNC3CC3)c2)c1. The Morgan fingerprint density at radius 3 is 3.00 bits per heavy atom. The van der Waals surface area contributed by atoms with Gasteiger partial charge in [-0.15, -0.1) is 0 Å². The maximum absolute atomic E-state index is 5.87. The Morgan fingerprint density at radius 1 is 1.41 bits per heavy atom. The third-order valence-electron chi connectivity index (χ3n) is 2.90. The first kappa shape index (κ1) is 10.8. The minimum atomic E-state index is 0.659. The van der Waals surface area contributed by atoms with Gasteiger partial charge in [0, 0.05) is 18.8 Å². The van der Waals surface area contributed by atoms with Crippen LogP contribution in [0.25, 0.3) is 5.69 Å². The maximum Gasteiger partial charge on any atom is 0.0790 e. The fourth-order valence-electron chi connectivity index (χ4n) is 1.80. The molecule has 17 heavy (non-hydrogen) atoms. The molecular formula is C13H14ClN3. The Hall–Kier alpha value is -1.32. The van der Waals surface area contributed by atoms with Gasteiger partial charge in [-0.25, -0.2) is 4.68 Å². The highest BCUT2D eigenvalue weighted by Crippen LogP contribution is 2.20. The molecule has 0 aliphatic heterocycles. The van der Waals surface area contributed by atoms with Gasteiger partial charge in [0.1, 0.15) is 0 Å². The average molecular weight is 248 g/mol. The van der Waals surface area contributed by atoms with Crippen LogP contribution in [0.1, 0.15) is 18.4 Å². The van der Waals surface area contributed by atoms with Gasteiger partial charge in [0.15, 0.2) is 0 Å². The molecule has 0 amide bonds. The number of benzene rings is 1. The first-order chi connectivity index (χ1) is 8.31. The van der Waals surface area contributed by atoms with Crippen LogP contribution in [0.5, 0.6) is 0 Å². The summed E-state index contributed by atoms with van der Waals surface area (Å²) in [6.45, 7) is 0.924. The molecule has 1 fully saturated rings. The topological polar surface area (TPSA) is 29.9 Å². The second kappa shape index (κ2) is 4.51. The Bertz CT molecular complexity index is 517. The van der Waals surface area contributed by atoms with Crippen molar-refractivity contribution >= 4 is 11.6 Å². The van der Waals surface area contributed by atoms with Gasteiger partial charge in [-0.05, 0) is 30.5 Å². The molecule has 0 saturated heterocycles. The minimum absolute atomic E-state index is 0.659. The molecule has 3 nitrogen and oxygen atoms in total. The minimum Gasteiger partial charge on any atom is -0.310 e. The normalized spacial score (nSPS) is 15.1. The first-order valence-electron chi connectivity index (χ1n) is 5.84. The van der Waals surface area contributed by atoms with Gasteiger partial charge in [-0.3, -0.25) is 0 Å². The standard InChI is InChI=1S/C13H14ClN3/c14-11-8-16-17(9-11)13-3-1-2-10(6-13)7-15-12-4-5-12/h1-3,6,8-9,12,15H,4-5,7H2. The van der Waals surface area contributed by atoms with Gasteiger partial charge in [0.05, 0.1) is 16.9 Å². The largest absolute Gasteiger partial charge is 0.310 e. The second-order valence-electron chi connectivity index (χ2n) is 4.43. The average Bonchev–Trinajstić information content (AvgIpc) is 3.08. The number of nitrogens with one attached hydrogen (secondary N) is 1. The van der Waals surface area contributed by atoms with Crippen LogP contribution >= 0.6 is 11.6 Å². The van der Waals surface area contributed by atoms with Crippen LogP contribution in [0, 0.1) is 0 Å². The molecule has 1 aromatic heterocycles. The van der Waals surface area contributed by atoms with Crippen molar-refractivity contribution in [1.29, 1.82) is 0 Å². The number of aromatic nitrogens is 2. The van der Waals surface area contributed by atoms with Crippen LogP contribution in [0.2, 0.25) is 5.02 Å². The lowest BCUT2D eigenvalue weighted by atomic mass is 10.2. The van der Waals surface area contributed by atoms with Crippen LogP contribution in [0.3, 0.4) is 0 Å². The number of hydrogen-bond donors (Lipinski definition) is 1. The molecule has 1 aromatic carbocycles. The lowest BCUT2D eigenvalue weighted by molar-refractivity contribution is 0.687. The van der Waals surface area contributed by atoms with Gasteiger partial charge in [0.2, 0.25) is 0 Å². The van der Waals surface area contributed by atoms with Gasteiger partial charge in [-0.1, -0.05) is 23.7 Å².